The monoisotopic (exact) mass is 348 g/mol. The fourth-order valence-corrected chi connectivity index (χ4v) is 2.81. The number of ether oxygens (including phenoxy) is 1. The van der Waals surface area contributed by atoms with E-state index in [9.17, 15) is 14.9 Å². The summed E-state index contributed by atoms with van der Waals surface area (Å²) in [6.07, 6.45) is 1.72. The molecule has 3 N–H and O–H groups in total. The number of aromatic nitrogens is 3. The molecule has 3 rings (SSSR count). The number of esters is 1. The van der Waals surface area contributed by atoms with Gasteiger partial charge in [-0.15, -0.1) is 4.73 Å². The highest BCUT2D eigenvalue weighted by molar-refractivity contribution is 5.73. The molecular weight excluding hydrogens is 326 g/mol. The van der Waals surface area contributed by atoms with Crippen LogP contribution in [0.25, 0.3) is 11.0 Å². The fourth-order valence-electron chi connectivity index (χ4n) is 2.81. The van der Waals surface area contributed by atoms with Crippen molar-refractivity contribution < 1.29 is 19.3 Å². The number of rotatable bonds is 5. The molecule has 0 atom stereocenters. The Hall–Kier alpha value is -2.68. The van der Waals surface area contributed by atoms with Gasteiger partial charge in [0, 0.05) is 12.6 Å². The molecule has 0 spiro atoms. The summed E-state index contributed by atoms with van der Waals surface area (Å²) in [5, 5.41) is 20.0. The Labute approximate surface area is 144 Å². The van der Waals surface area contributed by atoms with Crippen molar-refractivity contribution in [1.29, 1.82) is 0 Å². The number of piperidine rings is 1. The lowest BCUT2D eigenvalue weighted by molar-refractivity contribution is -0.535. The van der Waals surface area contributed by atoms with Gasteiger partial charge in [0.15, 0.2) is 10.1 Å². The Kier molecular flexibility index (Phi) is 5.13. The van der Waals surface area contributed by atoms with Crippen LogP contribution in [0.4, 0.5) is 5.95 Å². The molecule has 1 saturated heterocycles. The molecule has 2 aromatic rings. The van der Waals surface area contributed by atoms with E-state index in [-0.39, 0.29) is 36.5 Å². The van der Waals surface area contributed by atoms with E-state index in [1.165, 1.54) is 0 Å². The molecule has 1 aromatic heterocycles. The van der Waals surface area contributed by atoms with Gasteiger partial charge in [0.25, 0.3) is 0 Å². The summed E-state index contributed by atoms with van der Waals surface area (Å²) in [6, 6.07) is 5.06. The number of nitrogens with one attached hydrogen (secondary N) is 2. The van der Waals surface area contributed by atoms with E-state index in [4.69, 9.17) is 4.74 Å². The van der Waals surface area contributed by atoms with Crippen LogP contribution >= 0.6 is 0 Å². The molecule has 0 aliphatic carbocycles. The van der Waals surface area contributed by atoms with Crippen LogP contribution in [-0.2, 0) is 9.53 Å². The van der Waals surface area contributed by atoms with E-state index in [0.29, 0.717) is 10.1 Å². The molecule has 1 aliphatic heterocycles. The van der Waals surface area contributed by atoms with Gasteiger partial charge in [0.05, 0.1) is 16.4 Å². The molecule has 0 amide bonds. The highest BCUT2D eigenvalue weighted by Crippen LogP contribution is 2.13. The zero-order chi connectivity index (χ0) is 17.8. The number of hydrogen-bond donors (Lipinski definition) is 3. The number of anilines is 1. The maximum Gasteiger partial charge on any atom is 0.322 e. The van der Waals surface area contributed by atoms with Crippen molar-refractivity contribution in [3.63, 3.8) is 0 Å². The topological polar surface area (TPSA) is 111 Å². The predicted octanol–water partition coefficient (Wildman–Crippen LogP) is 0.594. The van der Waals surface area contributed by atoms with Crippen LogP contribution in [0.2, 0.25) is 0 Å². The second-order valence-corrected chi connectivity index (χ2v) is 6.12. The van der Waals surface area contributed by atoms with Crippen LogP contribution in [-0.4, -0.2) is 46.7 Å². The summed E-state index contributed by atoms with van der Waals surface area (Å²) in [5.74, 6) is -0.337. The third-order valence-electron chi connectivity index (χ3n) is 4.15. The number of fused-ring (bicyclic) bond motifs is 1. The Morgan fingerprint density at radius 3 is 3.00 bits per heavy atom. The van der Waals surface area contributed by atoms with E-state index in [2.05, 4.69) is 15.7 Å². The van der Waals surface area contributed by atoms with E-state index < -0.39 is 0 Å². The summed E-state index contributed by atoms with van der Waals surface area (Å²) >= 11 is 0. The van der Waals surface area contributed by atoms with Crippen LogP contribution in [0.1, 0.15) is 24.8 Å². The Morgan fingerprint density at radius 2 is 2.24 bits per heavy atom. The Balaban J connectivity index is 1.61. The number of aryl methyl sites for hydroxylation is 1. The van der Waals surface area contributed by atoms with Crippen LogP contribution in [0, 0.1) is 11.8 Å². The Morgan fingerprint density at radius 1 is 1.48 bits per heavy atom. The summed E-state index contributed by atoms with van der Waals surface area (Å²) in [7, 11) is 0. The van der Waals surface area contributed by atoms with Gasteiger partial charge in [0.2, 0.25) is 0 Å². The van der Waals surface area contributed by atoms with Crippen molar-refractivity contribution in [1.82, 2.24) is 15.1 Å². The molecule has 25 heavy (non-hydrogen) atoms. The SMILES string of the molecule is Cc1ccc2c(c1)[n+](=O)nc(NCCC(=O)OC1CCNCC1)n2O. The van der Waals surface area contributed by atoms with Gasteiger partial charge in [-0.3, -0.25) is 4.79 Å². The highest BCUT2D eigenvalue weighted by Gasteiger charge is 2.19. The van der Waals surface area contributed by atoms with Gasteiger partial charge in [-0.05, 0) is 44.5 Å². The number of nitrogens with zero attached hydrogens (tertiary/aromatic N) is 3. The van der Waals surface area contributed by atoms with Gasteiger partial charge in [-0.1, -0.05) is 6.07 Å². The first-order valence-electron chi connectivity index (χ1n) is 8.34. The summed E-state index contributed by atoms with van der Waals surface area (Å²) < 4.78 is 6.65. The van der Waals surface area contributed by atoms with E-state index in [0.717, 1.165) is 36.2 Å². The van der Waals surface area contributed by atoms with Crippen molar-refractivity contribution in [3.05, 3.63) is 28.7 Å². The summed E-state index contributed by atoms with van der Waals surface area (Å²) in [5.41, 5.74) is 1.48. The van der Waals surface area contributed by atoms with Gasteiger partial charge in [-0.25, -0.2) is 0 Å². The van der Waals surface area contributed by atoms with Gasteiger partial charge >= 0.3 is 17.4 Å². The first-order valence-corrected chi connectivity index (χ1v) is 8.34. The molecule has 0 radical (unpaired) electrons. The average Bonchev–Trinajstić information content (AvgIpc) is 2.60. The zero-order valence-corrected chi connectivity index (χ0v) is 14.1. The van der Waals surface area contributed by atoms with Gasteiger partial charge in [0.1, 0.15) is 6.10 Å². The molecule has 0 bridgehead atoms. The standard InChI is InChI=1S/C16H22N5O4/c1-11-2-3-13-14(10-11)21(24)19-16(20(13)23)18-9-6-15(22)25-12-4-7-17-8-5-12/h2-3,10,12,17,23H,4-9H2,1H3,(H,18,19,24)/q+1. The first kappa shape index (κ1) is 17.2. The number of carbonyl (C=O) groups excluding carboxylic acids is 1. The van der Waals surface area contributed by atoms with E-state index >= 15 is 0 Å². The lowest BCUT2D eigenvalue weighted by Crippen LogP contribution is -2.34. The average molecular weight is 348 g/mol. The largest absolute Gasteiger partial charge is 0.462 e. The van der Waals surface area contributed by atoms with Crippen LogP contribution < -0.4 is 15.2 Å². The van der Waals surface area contributed by atoms with Crippen LogP contribution in [0.5, 0.6) is 0 Å². The second kappa shape index (κ2) is 7.47. The molecule has 2 heterocycles. The van der Waals surface area contributed by atoms with Crippen LogP contribution in [0.3, 0.4) is 0 Å². The normalized spacial score (nSPS) is 15.2. The smallest absolute Gasteiger partial charge is 0.322 e. The molecular formula is C16H22N5O4+. The third-order valence-corrected chi connectivity index (χ3v) is 4.15. The van der Waals surface area contributed by atoms with Crippen LogP contribution in [0.15, 0.2) is 18.2 Å². The van der Waals surface area contributed by atoms with E-state index in [1.54, 1.807) is 18.2 Å². The first-order chi connectivity index (χ1) is 12.0. The molecule has 9 heteroatoms. The minimum atomic E-state index is -0.310. The molecule has 0 unspecified atom stereocenters. The van der Waals surface area contributed by atoms with Crippen molar-refractivity contribution in [2.24, 2.45) is 0 Å². The number of hydrogen-bond acceptors (Lipinski definition) is 7. The maximum absolute atomic E-state index is 12.0. The molecule has 134 valence electrons. The minimum absolute atomic E-state index is 0.0268. The highest BCUT2D eigenvalue weighted by atomic mass is 16.5. The van der Waals surface area contributed by atoms with E-state index in [1.807, 2.05) is 6.92 Å². The second-order valence-electron chi connectivity index (χ2n) is 6.12. The number of benzene rings is 1. The Bertz CT molecular complexity index is 829. The van der Waals surface area contributed by atoms with Crippen molar-refractivity contribution in [3.8, 4) is 0 Å². The minimum Gasteiger partial charge on any atom is -0.462 e. The maximum atomic E-state index is 12.0. The lowest BCUT2D eigenvalue weighted by atomic mass is 10.1. The summed E-state index contributed by atoms with van der Waals surface area (Å²) in [6.45, 7) is 3.76. The molecule has 1 fully saturated rings. The zero-order valence-electron chi connectivity index (χ0n) is 14.1. The molecule has 9 nitrogen and oxygen atoms in total. The quantitative estimate of drug-likeness (QED) is 0.412. The van der Waals surface area contributed by atoms with Crippen molar-refractivity contribution in [2.45, 2.75) is 32.3 Å². The number of carbonyl (C=O) groups is 1. The molecule has 0 saturated carbocycles. The lowest BCUT2D eigenvalue weighted by Gasteiger charge is -2.22. The fraction of sp³-hybridized carbons (Fsp3) is 0.500. The van der Waals surface area contributed by atoms with Gasteiger partial charge < -0.3 is 20.6 Å². The predicted molar refractivity (Wildman–Crippen MR) is 90.1 cm³/mol. The third kappa shape index (κ3) is 4.05. The molecule has 1 aromatic carbocycles. The van der Waals surface area contributed by atoms with Crippen molar-refractivity contribution >= 4 is 23.0 Å². The molecule has 1 aliphatic rings. The van der Waals surface area contributed by atoms with Crippen molar-refractivity contribution in [2.75, 3.05) is 25.0 Å². The van der Waals surface area contributed by atoms with Gasteiger partial charge in [-0.2, -0.15) is 0 Å². The summed E-state index contributed by atoms with van der Waals surface area (Å²) in [4.78, 5) is 23.9.